The van der Waals surface area contributed by atoms with E-state index in [0.717, 1.165) is 32.2 Å². The highest BCUT2D eigenvalue weighted by molar-refractivity contribution is 5.76. The Balaban J connectivity index is 2.07. The molecule has 1 rings (SSSR count). The molecule has 0 heterocycles. The average molecular weight is 240 g/mol. The molecule has 0 aliphatic heterocycles. The van der Waals surface area contributed by atoms with Crippen molar-refractivity contribution >= 4 is 5.91 Å². The lowest BCUT2D eigenvalue weighted by Crippen LogP contribution is -2.40. The van der Waals surface area contributed by atoms with Crippen LogP contribution in [0, 0.1) is 5.92 Å². The number of nitrogens with two attached hydrogens (primary N) is 1. The van der Waals surface area contributed by atoms with E-state index in [0.29, 0.717) is 18.4 Å². The highest BCUT2D eigenvalue weighted by Gasteiger charge is 2.22. The fourth-order valence-electron chi connectivity index (χ4n) is 2.59. The Bertz CT molecular complexity index is 218. The first kappa shape index (κ1) is 14.5. The van der Waals surface area contributed by atoms with Gasteiger partial charge in [0.2, 0.25) is 5.91 Å². The largest absolute Gasteiger partial charge is 0.353 e. The van der Waals surface area contributed by atoms with Crippen LogP contribution in [0.3, 0.4) is 0 Å². The molecule has 1 fully saturated rings. The van der Waals surface area contributed by atoms with Crippen LogP contribution in [-0.2, 0) is 4.79 Å². The Kier molecular flexibility index (Phi) is 7.25. The Hall–Kier alpha value is -0.570. The summed E-state index contributed by atoms with van der Waals surface area (Å²) in [5.41, 5.74) is 5.43. The maximum Gasteiger partial charge on any atom is 0.220 e. The lowest BCUT2D eigenvalue weighted by molar-refractivity contribution is -0.122. The molecule has 1 saturated carbocycles. The van der Waals surface area contributed by atoms with E-state index >= 15 is 0 Å². The van der Waals surface area contributed by atoms with Gasteiger partial charge in [-0.25, -0.2) is 0 Å². The van der Waals surface area contributed by atoms with Crippen LogP contribution < -0.4 is 11.1 Å². The Labute approximate surface area is 106 Å². The number of nitrogens with one attached hydrogen (secondary N) is 1. The summed E-state index contributed by atoms with van der Waals surface area (Å²) in [6.45, 7) is 3.02. The van der Waals surface area contributed by atoms with Crippen molar-refractivity contribution in [2.24, 2.45) is 11.7 Å². The number of carbonyl (C=O) groups is 1. The highest BCUT2D eigenvalue weighted by atomic mass is 16.1. The zero-order valence-electron chi connectivity index (χ0n) is 11.2. The van der Waals surface area contributed by atoms with Crippen LogP contribution in [0.15, 0.2) is 0 Å². The number of rotatable bonds is 7. The summed E-state index contributed by atoms with van der Waals surface area (Å²) >= 11 is 0. The third kappa shape index (κ3) is 6.06. The molecule has 0 spiro atoms. The van der Waals surface area contributed by atoms with E-state index < -0.39 is 0 Å². The van der Waals surface area contributed by atoms with Gasteiger partial charge in [-0.1, -0.05) is 32.6 Å². The third-order valence-electron chi connectivity index (χ3n) is 3.82. The number of hydrogen-bond donors (Lipinski definition) is 2. The van der Waals surface area contributed by atoms with E-state index in [1.807, 2.05) is 0 Å². The third-order valence-corrected chi connectivity index (χ3v) is 3.82. The van der Waals surface area contributed by atoms with Gasteiger partial charge in [-0.15, -0.1) is 0 Å². The van der Waals surface area contributed by atoms with Gasteiger partial charge < -0.3 is 11.1 Å². The van der Waals surface area contributed by atoms with Crippen LogP contribution in [0.4, 0.5) is 0 Å². The summed E-state index contributed by atoms with van der Waals surface area (Å²) in [6.07, 6.45) is 10.1. The van der Waals surface area contributed by atoms with Crippen LogP contribution in [0.5, 0.6) is 0 Å². The smallest absolute Gasteiger partial charge is 0.220 e. The van der Waals surface area contributed by atoms with Crippen molar-refractivity contribution in [1.82, 2.24) is 5.32 Å². The van der Waals surface area contributed by atoms with Crippen molar-refractivity contribution in [3.8, 4) is 0 Å². The molecule has 0 radical (unpaired) electrons. The molecule has 1 aliphatic rings. The van der Waals surface area contributed by atoms with Crippen LogP contribution in [-0.4, -0.2) is 18.5 Å². The summed E-state index contributed by atoms with van der Waals surface area (Å²) in [7, 11) is 0. The van der Waals surface area contributed by atoms with E-state index in [1.165, 1.54) is 25.7 Å². The topological polar surface area (TPSA) is 55.1 Å². The number of hydrogen-bond acceptors (Lipinski definition) is 2. The molecule has 2 unspecified atom stereocenters. The Morgan fingerprint density at radius 1 is 1.18 bits per heavy atom. The van der Waals surface area contributed by atoms with E-state index in [9.17, 15) is 4.79 Å². The van der Waals surface area contributed by atoms with Gasteiger partial charge in [0.05, 0.1) is 0 Å². The molecule has 0 aromatic carbocycles. The van der Waals surface area contributed by atoms with Gasteiger partial charge in [0.1, 0.15) is 0 Å². The van der Waals surface area contributed by atoms with Crippen molar-refractivity contribution in [3.63, 3.8) is 0 Å². The molecule has 3 nitrogen and oxygen atoms in total. The molecule has 1 aliphatic carbocycles. The quantitative estimate of drug-likeness (QED) is 0.672. The second-order valence-corrected chi connectivity index (χ2v) is 5.39. The second kappa shape index (κ2) is 8.51. The van der Waals surface area contributed by atoms with Crippen molar-refractivity contribution < 1.29 is 4.79 Å². The lowest BCUT2D eigenvalue weighted by atomic mass is 9.86. The Morgan fingerprint density at radius 2 is 1.88 bits per heavy atom. The van der Waals surface area contributed by atoms with E-state index in [4.69, 9.17) is 5.73 Å². The fraction of sp³-hybridized carbons (Fsp3) is 0.929. The lowest BCUT2D eigenvalue weighted by Gasteiger charge is -2.29. The minimum Gasteiger partial charge on any atom is -0.353 e. The van der Waals surface area contributed by atoms with Gasteiger partial charge in [-0.3, -0.25) is 4.79 Å². The fourth-order valence-corrected chi connectivity index (χ4v) is 2.59. The molecule has 1 amide bonds. The molecule has 0 bridgehead atoms. The predicted octanol–water partition coefficient (Wildman–Crippen LogP) is 2.59. The maximum absolute atomic E-state index is 11.8. The summed E-state index contributed by atoms with van der Waals surface area (Å²) in [5, 5.41) is 3.20. The summed E-state index contributed by atoms with van der Waals surface area (Å²) in [4.78, 5) is 11.8. The first-order valence-electron chi connectivity index (χ1n) is 7.23. The van der Waals surface area contributed by atoms with Crippen molar-refractivity contribution in [1.29, 1.82) is 0 Å². The predicted molar refractivity (Wildman–Crippen MR) is 71.7 cm³/mol. The first-order chi connectivity index (χ1) is 8.24. The molecule has 17 heavy (non-hydrogen) atoms. The molecular weight excluding hydrogens is 212 g/mol. The van der Waals surface area contributed by atoms with E-state index in [1.54, 1.807) is 0 Å². The zero-order chi connectivity index (χ0) is 12.5. The van der Waals surface area contributed by atoms with E-state index in [-0.39, 0.29) is 5.91 Å². The zero-order valence-corrected chi connectivity index (χ0v) is 11.2. The molecule has 0 aromatic rings. The molecule has 0 aromatic heterocycles. The van der Waals surface area contributed by atoms with Gasteiger partial charge in [0.25, 0.3) is 0 Å². The molecule has 3 heteroatoms. The molecule has 100 valence electrons. The van der Waals surface area contributed by atoms with Crippen molar-refractivity contribution in [2.75, 3.05) is 6.54 Å². The van der Waals surface area contributed by atoms with Gasteiger partial charge in [0, 0.05) is 12.5 Å². The van der Waals surface area contributed by atoms with Crippen LogP contribution in [0.2, 0.25) is 0 Å². The molecule has 0 saturated heterocycles. The minimum atomic E-state index is 0.247. The van der Waals surface area contributed by atoms with Gasteiger partial charge in [-0.05, 0) is 38.1 Å². The van der Waals surface area contributed by atoms with Crippen LogP contribution in [0.25, 0.3) is 0 Å². The number of unbranched alkanes of at least 4 members (excludes halogenated alkanes) is 3. The minimum absolute atomic E-state index is 0.247. The summed E-state index contributed by atoms with van der Waals surface area (Å²) in [6, 6.07) is 0.431. The van der Waals surface area contributed by atoms with E-state index in [2.05, 4.69) is 12.2 Å². The summed E-state index contributed by atoms with van der Waals surface area (Å²) < 4.78 is 0. The van der Waals surface area contributed by atoms with Gasteiger partial charge in [-0.2, -0.15) is 0 Å². The second-order valence-electron chi connectivity index (χ2n) is 5.39. The SMILES string of the molecule is CC1CCCCC1NC(=O)CCCCCCN. The number of carbonyl (C=O) groups excluding carboxylic acids is 1. The normalized spacial score (nSPS) is 24.6. The van der Waals surface area contributed by atoms with Crippen molar-refractivity contribution in [2.45, 2.75) is 70.8 Å². The van der Waals surface area contributed by atoms with Crippen LogP contribution in [0.1, 0.15) is 64.7 Å². The molecule has 3 N–H and O–H groups in total. The van der Waals surface area contributed by atoms with Crippen LogP contribution >= 0.6 is 0 Å². The monoisotopic (exact) mass is 240 g/mol. The highest BCUT2D eigenvalue weighted by Crippen LogP contribution is 2.23. The average Bonchev–Trinajstić information content (AvgIpc) is 2.32. The van der Waals surface area contributed by atoms with Gasteiger partial charge >= 0.3 is 0 Å². The van der Waals surface area contributed by atoms with Crippen molar-refractivity contribution in [3.05, 3.63) is 0 Å². The summed E-state index contributed by atoms with van der Waals surface area (Å²) in [5.74, 6) is 0.904. The number of amides is 1. The molecular formula is C14H28N2O. The van der Waals surface area contributed by atoms with Gasteiger partial charge in [0.15, 0.2) is 0 Å². The first-order valence-corrected chi connectivity index (χ1v) is 7.23. The Morgan fingerprint density at radius 3 is 2.59 bits per heavy atom. The standard InChI is InChI=1S/C14H28N2O/c1-12-8-5-6-9-13(12)16-14(17)10-4-2-3-7-11-15/h12-13H,2-11,15H2,1H3,(H,16,17). The maximum atomic E-state index is 11.8. The molecule has 2 atom stereocenters.